The molecule has 0 spiro atoms. The molecule has 4 N–H and O–H groups in total. The van der Waals surface area contributed by atoms with Crippen molar-refractivity contribution in [2.45, 2.75) is 0 Å². The maximum atomic E-state index is 6.13. The normalized spacial score (nSPS) is 12.2. The van der Waals surface area contributed by atoms with Crippen molar-refractivity contribution in [3.05, 3.63) is 65.2 Å². The Labute approximate surface area is 165 Å². The van der Waals surface area contributed by atoms with Crippen LogP contribution >= 0.6 is 0 Å². The second-order valence-corrected chi connectivity index (χ2v) is 6.13. The number of nitrogens with one attached hydrogen (secondary N) is 2. The lowest BCUT2D eigenvalue weighted by Gasteiger charge is -1.86. The van der Waals surface area contributed by atoms with E-state index in [1.54, 1.807) is 0 Å². The summed E-state index contributed by atoms with van der Waals surface area (Å²) in [6.45, 7) is 0. The number of anilines is 1. The van der Waals surface area contributed by atoms with Gasteiger partial charge in [0.15, 0.2) is 0 Å². The molecular weight excluding hydrogens is 335 g/mol. The van der Waals surface area contributed by atoms with Crippen LogP contribution in [0.15, 0.2) is 42.5 Å². The Kier molecular flexibility index (Phi) is 4.14. The van der Waals surface area contributed by atoms with Crippen molar-refractivity contribution in [3.8, 4) is 0 Å². The van der Waals surface area contributed by atoms with E-state index in [1.165, 1.54) is 0 Å². The predicted octanol–water partition coefficient (Wildman–Crippen LogP) is 3.32. The zero-order valence-electron chi connectivity index (χ0n) is 13.3. The number of hydrogen-bond donors (Lipinski definition) is 3. The molecule has 2 aliphatic heterocycles. The van der Waals surface area contributed by atoms with Gasteiger partial charge in [-0.3, -0.25) is 0 Å². The Morgan fingerprint density at radius 1 is 0.615 bits per heavy atom. The standard InChI is InChI=1S/C20H15N5.Mg.2H/c21-19-10-18-9-16-4-3-14(23-16)7-12-1-2-13(22-12)8-15-5-6-17(24-15)11-20(19)25-18;;;/h1-11,22,25H,21H2;;;. The zero-order chi connectivity index (χ0) is 16.8. The molecule has 2 aliphatic rings. The van der Waals surface area contributed by atoms with Gasteiger partial charge in [0, 0.05) is 16.6 Å². The third-order valence-electron chi connectivity index (χ3n) is 4.20. The van der Waals surface area contributed by atoms with E-state index >= 15 is 0 Å². The van der Waals surface area contributed by atoms with Crippen LogP contribution in [0.25, 0.3) is 46.4 Å². The maximum Gasteiger partial charge on any atom is 0.316 e. The minimum absolute atomic E-state index is 0. The average Bonchev–Trinajstić information content (AvgIpc) is 3.33. The van der Waals surface area contributed by atoms with Crippen LogP contribution in [0.5, 0.6) is 0 Å². The number of nitrogen functional groups attached to an aromatic ring is 1. The Balaban J connectivity index is 0.00000168. The third-order valence-corrected chi connectivity index (χ3v) is 4.20. The number of rotatable bonds is 0. The van der Waals surface area contributed by atoms with E-state index in [9.17, 15) is 0 Å². The molecule has 0 saturated heterocycles. The average molecular weight is 352 g/mol. The Morgan fingerprint density at radius 3 is 1.69 bits per heavy atom. The van der Waals surface area contributed by atoms with Crippen molar-refractivity contribution >= 4 is 75.1 Å². The summed E-state index contributed by atoms with van der Waals surface area (Å²) in [4.78, 5) is 15.9. The highest BCUT2D eigenvalue weighted by Gasteiger charge is 2.03. The Morgan fingerprint density at radius 2 is 1.12 bits per heavy atom. The molecule has 0 aromatic carbocycles. The van der Waals surface area contributed by atoms with Gasteiger partial charge in [-0.1, -0.05) is 0 Å². The molecule has 0 saturated carbocycles. The summed E-state index contributed by atoms with van der Waals surface area (Å²) >= 11 is 0. The summed E-state index contributed by atoms with van der Waals surface area (Å²) in [6.07, 6.45) is 7.96. The van der Waals surface area contributed by atoms with Crippen LogP contribution in [0.3, 0.4) is 0 Å². The van der Waals surface area contributed by atoms with Gasteiger partial charge in [0.2, 0.25) is 0 Å². The third kappa shape index (κ3) is 3.16. The summed E-state index contributed by atoms with van der Waals surface area (Å²) < 4.78 is 0. The van der Waals surface area contributed by atoms with E-state index in [0.717, 1.165) is 44.8 Å². The number of nitrogens with zero attached hydrogens (tertiary/aromatic N) is 2. The number of nitrogens with two attached hydrogens (primary N) is 1. The van der Waals surface area contributed by atoms with Crippen LogP contribution in [0.4, 0.5) is 5.69 Å². The topological polar surface area (TPSA) is 83.4 Å². The molecule has 5 rings (SSSR count). The van der Waals surface area contributed by atoms with Gasteiger partial charge in [-0.25, -0.2) is 9.97 Å². The minimum atomic E-state index is 0. The minimum Gasteiger partial charge on any atom is -0.397 e. The van der Waals surface area contributed by atoms with Crippen LogP contribution in [0.2, 0.25) is 0 Å². The summed E-state index contributed by atoms with van der Waals surface area (Å²) in [5.74, 6) is 0. The number of H-pyrrole nitrogens is 2. The van der Waals surface area contributed by atoms with Gasteiger partial charge in [-0.05, 0) is 66.8 Å². The van der Waals surface area contributed by atoms with Crippen molar-refractivity contribution in [3.63, 3.8) is 0 Å². The molecule has 0 atom stereocenters. The Hall–Kier alpha value is -2.83. The van der Waals surface area contributed by atoms with Gasteiger partial charge >= 0.3 is 23.1 Å². The quantitative estimate of drug-likeness (QED) is 0.374. The van der Waals surface area contributed by atoms with Crippen molar-refractivity contribution in [2.24, 2.45) is 0 Å². The molecule has 0 fully saturated rings. The van der Waals surface area contributed by atoms with E-state index in [4.69, 9.17) is 5.73 Å². The van der Waals surface area contributed by atoms with Crippen molar-refractivity contribution in [2.75, 3.05) is 5.73 Å². The van der Waals surface area contributed by atoms with Crippen LogP contribution < -0.4 is 5.73 Å². The fourth-order valence-corrected chi connectivity index (χ4v) is 3.04. The maximum absolute atomic E-state index is 6.13. The highest BCUT2D eigenvalue weighted by molar-refractivity contribution is 5.82. The largest absolute Gasteiger partial charge is 0.397 e. The second-order valence-electron chi connectivity index (χ2n) is 6.13. The van der Waals surface area contributed by atoms with Crippen LogP contribution in [-0.4, -0.2) is 43.0 Å². The van der Waals surface area contributed by atoms with Gasteiger partial charge in [0.05, 0.1) is 34.0 Å². The smallest absolute Gasteiger partial charge is 0.316 e. The van der Waals surface area contributed by atoms with E-state index in [0.29, 0.717) is 5.69 Å². The van der Waals surface area contributed by atoms with Crippen molar-refractivity contribution < 1.29 is 0 Å². The Bertz CT molecular complexity index is 1210. The molecule has 0 aliphatic carbocycles. The zero-order valence-corrected chi connectivity index (χ0v) is 13.3. The molecule has 6 heteroatoms. The van der Waals surface area contributed by atoms with Crippen molar-refractivity contribution in [1.29, 1.82) is 0 Å². The fraction of sp³-hybridized carbons (Fsp3) is 0. The summed E-state index contributed by atoms with van der Waals surface area (Å²) in [6, 6.07) is 14.0. The number of aromatic amines is 2. The van der Waals surface area contributed by atoms with E-state index in [1.807, 2.05) is 66.8 Å². The molecule has 3 aromatic heterocycles. The number of aromatic nitrogens is 4. The molecule has 5 heterocycles. The first kappa shape index (κ1) is 16.6. The van der Waals surface area contributed by atoms with Crippen LogP contribution in [-0.2, 0) is 0 Å². The van der Waals surface area contributed by atoms with Crippen LogP contribution in [0.1, 0.15) is 22.8 Å². The highest BCUT2D eigenvalue weighted by atomic mass is 24.3. The molecule has 124 valence electrons. The molecule has 0 unspecified atom stereocenters. The summed E-state index contributed by atoms with van der Waals surface area (Å²) in [7, 11) is 0. The molecule has 8 bridgehead atoms. The summed E-state index contributed by atoms with van der Waals surface area (Å²) in [5.41, 5.74) is 14.2. The van der Waals surface area contributed by atoms with E-state index in [-0.39, 0.29) is 23.1 Å². The first-order chi connectivity index (χ1) is 12.2. The lowest BCUT2D eigenvalue weighted by molar-refractivity contribution is 1.31. The summed E-state index contributed by atoms with van der Waals surface area (Å²) in [5, 5.41) is 0. The highest BCUT2D eigenvalue weighted by Crippen LogP contribution is 2.20. The monoisotopic (exact) mass is 351 g/mol. The SMILES string of the molecule is Nc1cc2cc3nc(cc4ccc(cc5nc(cc1[nH]2)C=C5)[nH]4)C=C3.[MgH2]. The lowest BCUT2D eigenvalue weighted by atomic mass is 10.3. The molecule has 0 radical (unpaired) electrons. The lowest BCUT2D eigenvalue weighted by Crippen LogP contribution is -1.80. The van der Waals surface area contributed by atoms with Crippen molar-refractivity contribution in [1.82, 2.24) is 19.9 Å². The molecule has 3 aromatic rings. The van der Waals surface area contributed by atoms with Gasteiger partial charge in [-0.15, -0.1) is 0 Å². The van der Waals surface area contributed by atoms with Gasteiger partial charge in [0.25, 0.3) is 0 Å². The van der Waals surface area contributed by atoms with E-state index < -0.39 is 0 Å². The molecule has 0 amide bonds. The van der Waals surface area contributed by atoms with Gasteiger partial charge in [-0.2, -0.15) is 0 Å². The first-order valence-electron chi connectivity index (χ1n) is 8.05. The first-order valence-corrected chi connectivity index (χ1v) is 8.05. The molecule has 26 heavy (non-hydrogen) atoms. The van der Waals surface area contributed by atoms with Gasteiger partial charge in [0.1, 0.15) is 0 Å². The molecular formula is C20H17MgN5. The second kappa shape index (κ2) is 6.47. The number of fused-ring (bicyclic) bond motifs is 8. The fourth-order valence-electron chi connectivity index (χ4n) is 3.04. The van der Waals surface area contributed by atoms with E-state index in [2.05, 4.69) is 19.9 Å². The molecule has 5 nitrogen and oxygen atoms in total. The number of hydrogen-bond acceptors (Lipinski definition) is 3. The predicted molar refractivity (Wildman–Crippen MR) is 112 cm³/mol. The van der Waals surface area contributed by atoms with Crippen LogP contribution in [0, 0.1) is 0 Å². The van der Waals surface area contributed by atoms with Gasteiger partial charge < -0.3 is 15.7 Å².